The van der Waals surface area contributed by atoms with Gasteiger partial charge in [-0.15, -0.1) is 0 Å². The molecule has 90 valence electrons. The minimum atomic E-state index is -0.127. The van der Waals surface area contributed by atoms with Crippen molar-refractivity contribution in [3.8, 4) is 0 Å². The Morgan fingerprint density at radius 1 is 1.47 bits per heavy atom. The second-order valence-corrected chi connectivity index (χ2v) is 4.43. The van der Waals surface area contributed by atoms with Gasteiger partial charge in [-0.05, 0) is 24.5 Å². The Balaban J connectivity index is 2.12. The van der Waals surface area contributed by atoms with E-state index in [1.165, 1.54) is 4.90 Å². The number of benzene rings is 1. The number of carbonyl (C=O) groups is 2. The zero-order valence-electron chi connectivity index (χ0n) is 9.85. The van der Waals surface area contributed by atoms with Crippen LogP contribution in [0.15, 0.2) is 24.3 Å². The van der Waals surface area contributed by atoms with Crippen molar-refractivity contribution in [2.45, 2.75) is 12.8 Å². The summed E-state index contributed by atoms with van der Waals surface area (Å²) in [7, 11) is 1.69. The van der Waals surface area contributed by atoms with Gasteiger partial charge in [0.25, 0.3) is 0 Å². The van der Waals surface area contributed by atoms with Gasteiger partial charge < -0.3 is 10.2 Å². The Kier molecular flexibility index (Phi) is 3.42. The lowest BCUT2D eigenvalue weighted by Gasteiger charge is -2.18. The molecule has 1 heterocycles. The van der Waals surface area contributed by atoms with Crippen LogP contribution in [-0.2, 0) is 16.0 Å². The molecule has 0 fully saturated rings. The fraction of sp³-hybridized carbons (Fsp3) is 0.385. The summed E-state index contributed by atoms with van der Waals surface area (Å²) in [6.07, 6.45) is 2.40. The summed E-state index contributed by atoms with van der Waals surface area (Å²) in [4.78, 5) is 24.1. The molecule has 1 aromatic rings. The van der Waals surface area contributed by atoms with E-state index < -0.39 is 0 Å². The molecule has 17 heavy (non-hydrogen) atoms. The number of carbonyl (C=O) groups excluding carboxylic acids is 2. The van der Waals surface area contributed by atoms with Crippen molar-refractivity contribution in [3.05, 3.63) is 29.8 Å². The van der Waals surface area contributed by atoms with Crippen molar-refractivity contribution < 1.29 is 9.59 Å². The van der Waals surface area contributed by atoms with Crippen LogP contribution in [0, 0.1) is 5.92 Å². The number of anilines is 1. The highest BCUT2D eigenvalue weighted by Gasteiger charge is 2.24. The lowest BCUT2D eigenvalue weighted by Crippen LogP contribution is -2.32. The quantitative estimate of drug-likeness (QED) is 0.798. The van der Waals surface area contributed by atoms with Crippen LogP contribution in [0.4, 0.5) is 5.69 Å². The molecule has 4 heteroatoms. The van der Waals surface area contributed by atoms with Crippen LogP contribution >= 0.6 is 0 Å². The monoisotopic (exact) mass is 232 g/mol. The maximum absolute atomic E-state index is 12.0. The maximum atomic E-state index is 12.0. The third-order valence-electron chi connectivity index (χ3n) is 3.10. The van der Waals surface area contributed by atoms with E-state index in [2.05, 4.69) is 5.32 Å². The number of hydrogen-bond donors (Lipinski definition) is 1. The molecule has 0 aliphatic carbocycles. The fourth-order valence-corrected chi connectivity index (χ4v) is 2.12. The number of nitrogens with one attached hydrogen (secondary N) is 1. The summed E-state index contributed by atoms with van der Waals surface area (Å²) in [6.45, 7) is 0.476. The van der Waals surface area contributed by atoms with Gasteiger partial charge in [0, 0.05) is 19.3 Å². The molecule has 0 saturated carbocycles. The van der Waals surface area contributed by atoms with Crippen molar-refractivity contribution >= 4 is 18.0 Å². The van der Waals surface area contributed by atoms with Crippen LogP contribution < -0.4 is 5.32 Å². The number of aryl methyl sites for hydroxylation is 1. The van der Waals surface area contributed by atoms with E-state index in [0.29, 0.717) is 6.54 Å². The summed E-state index contributed by atoms with van der Waals surface area (Å²) in [5.74, 6) is -0.124. The first-order valence-corrected chi connectivity index (χ1v) is 5.75. The first-order chi connectivity index (χ1) is 8.20. The molecular weight excluding hydrogens is 216 g/mol. The largest absolute Gasteiger partial charge is 0.348 e. The van der Waals surface area contributed by atoms with Crippen molar-refractivity contribution in [2.24, 2.45) is 5.92 Å². The number of rotatable bonds is 3. The zero-order valence-corrected chi connectivity index (χ0v) is 9.85. The van der Waals surface area contributed by atoms with Gasteiger partial charge in [-0.25, -0.2) is 0 Å². The first-order valence-electron chi connectivity index (χ1n) is 5.75. The van der Waals surface area contributed by atoms with Gasteiger partial charge in [0.2, 0.25) is 12.3 Å². The molecule has 2 amide bonds. The van der Waals surface area contributed by atoms with Crippen LogP contribution in [0.1, 0.15) is 12.0 Å². The predicted molar refractivity (Wildman–Crippen MR) is 65.6 cm³/mol. The number of nitrogens with zero attached hydrogens (tertiary/aromatic N) is 1. The number of amides is 2. The summed E-state index contributed by atoms with van der Waals surface area (Å²) in [6, 6.07) is 7.83. The Bertz CT molecular complexity index is 431. The first kappa shape index (κ1) is 11.6. The highest BCUT2D eigenvalue weighted by Crippen LogP contribution is 2.24. The lowest BCUT2D eigenvalue weighted by atomic mass is 10.0. The van der Waals surface area contributed by atoms with Crippen LogP contribution in [0.5, 0.6) is 0 Å². The summed E-state index contributed by atoms with van der Waals surface area (Å²) < 4.78 is 0. The third kappa shape index (κ3) is 2.64. The number of hydrogen-bond acceptors (Lipinski definition) is 2. The average Bonchev–Trinajstić information content (AvgIpc) is 2.49. The Morgan fingerprint density at radius 3 is 3.00 bits per heavy atom. The van der Waals surface area contributed by atoms with E-state index in [-0.39, 0.29) is 11.8 Å². The molecule has 1 aromatic carbocycles. The topological polar surface area (TPSA) is 49.4 Å². The van der Waals surface area contributed by atoms with Crippen LogP contribution in [0.3, 0.4) is 0 Å². The van der Waals surface area contributed by atoms with Gasteiger partial charge in [-0.3, -0.25) is 9.59 Å². The minimum Gasteiger partial charge on any atom is -0.348 e. The van der Waals surface area contributed by atoms with Gasteiger partial charge in [-0.2, -0.15) is 0 Å². The van der Waals surface area contributed by atoms with E-state index in [4.69, 9.17) is 0 Å². The summed E-state index contributed by atoms with van der Waals surface area (Å²) in [5, 5.41) is 2.92. The highest BCUT2D eigenvalue weighted by molar-refractivity contribution is 5.94. The molecule has 0 radical (unpaired) electrons. The summed E-state index contributed by atoms with van der Waals surface area (Å²) in [5.41, 5.74) is 2.06. The average molecular weight is 232 g/mol. The summed E-state index contributed by atoms with van der Waals surface area (Å²) >= 11 is 0. The zero-order chi connectivity index (χ0) is 12.3. The SMILES string of the molecule is CN(C=O)CC1CCc2ccccc2NC1=O. The molecule has 1 aliphatic rings. The molecule has 0 bridgehead atoms. The predicted octanol–water partition coefficient (Wildman–Crippen LogP) is 1.28. The molecule has 0 aromatic heterocycles. The van der Waals surface area contributed by atoms with Crippen molar-refractivity contribution in [2.75, 3.05) is 18.9 Å². The number of fused-ring (bicyclic) bond motifs is 1. The molecule has 2 rings (SSSR count). The third-order valence-corrected chi connectivity index (χ3v) is 3.10. The van der Waals surface area contributed by atoms with E-state index >= 15 is 0 Å². The molecule has 0 spiro atoms. The molecule has 4 nitrogen and oxygen atoms in total. The second-order valence-electron chi connectivity index (χ2n) is 4.43. The van der Waals surface area contributed by atoms with Crippen LogP contribution in [-0.4, -0.2) is 30.8 Å². The fourth-order valence-electron chi connectivity index (χ4n) is 2.12. The molecule has 1 aliphatic heterocycles. The van der Waals surface area contributed by atoms with Gasteiger partial charge in [0.15, 0.2) is 0 Å². The van der Waals surface area contributed by atoms with Crippen molar-refractivity contribution in [1.82, 2.24) is 4.90 Å². The van der Waals surface area contributed by atoms with E-state index in [9.17, 15) is 9.59 Å². The smallest absolute Gasteiger partial charge is 0.229 e. The van der Waals surface area contributed by atoms with Gasteiger partial charge in [0.1, 0.15) is 0 Å². The van der Waals surface area contributed by atoms with E-state index in [1.807, 2.05) is 24.3 Å². The minimum absolute atomic E-state index is 0.00338. The maximum Gasteiger partial charge on any atom is 0.229 e. The molecule has 1 unspecified atom stereocenters. The van der Waals surface area contributed by atoms with E-state index in [0.717, 1.165) is 30.5 Å². The van der Waals surface area contributed by atoms with Crippen LogP contribution in [0.2, 0.25) is 0 Å². The van der Waals surface area contributed by atoms with Crippen molar-refractivity contribution in [1.29, 1.82) is 0 Å². The van der Waals surface area contributed by atoms with Crippen molar-refractivity contribution in [3.63, 3.8) is 0 Å². The molecular formula is C13H16N2O2. The van der Waals surface area contributed by atoms with Crippen LogP contribution in [0.25, 0.3) is 0 Å². The van der Waals surface area contributed by atoms with E-state index in [1.54, 1.807) is 7.05 Å². The van der Waals surface area contributed by atoms with Gasteiger partial charge in [0.05, 0.1) is 5.92 Å². The molecule has 1 N–H and O–H groups in total. The Morgan fingerprint density at radius 2 is 2.24 bits per heavy atom. The highest BCUT2D eigenvalue weighted by atomic mass is 16.2. The standard InChI is InChI=1S/C13H16N2O2/c1-15(9-16)8-11-7-6-10-4-2-3-5-12(10)14-13(11)17/h2-5,9,11H,6-8H2,1H3,(H,14,17). The van der Waals surface area contributed by atoms with Gasteiger partial charge in [-0.1, -0.05) is 18.2 Å². The number of para-hydroxylation sites is 1. The Hall–Kier alpha value is -1.84. The normalized spacial score (nSPS) is 18.9. The van der Waals surface area contributed by atoms with Gasteiger partial charge >= 0.3 is 0 Å². The second kappa shape index (κ2) is 4.99. The Labute approximate surface area is 101 Å². The molecule has 0 saturated heterocycles. The lowest BCUT2D eigenvalue weighted by molar-refractivity contribution is -0.122. The molecule has 1 atom stereocenters.